The quantitative estimate of drug-likeness (QED) is 0.581. The van der Waals surface area contributed by atoms with Gasteiger partial charge in [0.15, 0.2) is 11.5 Å². The van der Waals surface area contributed by atoms with Crippen LogP contribution in [0, 0.1) is 12.7 Å². The Morgan fingerprint density at radius 2 is 1.90 bits per heavy atom. The van der Waals surface area contributed by atoms with Crippen LogP contribution in [-0.4, -0.2) is 16.8 Å². The number of phenols is 2. The molecule has 106 valence electrons. The van der Waals surface area contributed by atoms with E-state index < -0.39 is 0 Å². The molecule has 0 fully saturated rings. The van der Waals surface area contributed by atoms with Crippen molar-refractivity contribution in [3.8, 4) is 11.5 Å². The van der Waals surface area contributed by atoms with E-state index >= 15 is 0 Å². The molecule has 0 aliphatic carbocycles. The van der Waals surface area contributed by atoms with Gasteiger partial charge in [-0.1, -0.05) is 18.2 Å². The van der Waals surface area contributed by atoms with Crippen LogP contribution in [0.3, 0.4) is 0 Å². The predicted molar refractivity (Wildman–Crippen MR) is 76.3 cm³/mol. The van der Waals surface area contributed by atoms with E-state index in [1.807, 2.05) is 6.92 Å². The largest absolute Gasteiger partial charge is 0.504 e. The van der Waals surface area contributed by atoms with Gasteiger partial charge < -0.3 is 15.5 Å². The maximum atomic E-state index is 13.0. The van der Waals surface area contributed by atoms with Gasteiger partial charge in [0.2, 0.25) is 0 Å². The van der Waals surface area contributed by atoms with Gasteiger partial charge in [-0.3, -0.25) is 0 Å². The Kier molecular flexibility index (Phi) is 4.58. The van der Waals surface area contributed by atoms with Crippen molar-refractivity contribution in [2.45, 2.75) is 19.9 Å². The Labute approximate surface area is 117 Å². The minimum absolute atomic E-state index is 0.0852. The van der Waals surface area contributed by atoms with Gasteiger partial charge in [0.25, 0.3) is 0 Å². The average molecular weight is 275 g/mol. The standard InChI is InChI=1S/C16H18FNO2/c1-11-9-14(17)6-5-12(11)7-8-18-10-13-3-2-4-15(19)16(13)20/h2-6,9,18-20H,7-8,10H2,1H3. The topological polar surface area (TPSA) is 52.5 Å². The van der Waals surface area contributed by atoms with Crippen molar-refractivity contribution < 1.29 is 14.6 Å². The number of hydrogen-bond acceptors (Lipinski definition) is 3. The van der Waals surface area contributed by atoms with Crippen molar-refractivity contribution in [2.75, 3.05) is 6.54 Å². The van der Waals surface area contributed by atoms with Crippen LogP contribution in [0.2, 0.25) is 0 Å². The number of phenolic OH excluding ortho intramolecular Hbond substituents is 2. The zero-order valence-corrected chi connectivity index (χ0v) is 11.4. The first kappa shape index (κ1) is 14.3. The van der Waals surface area contributed by atoms with Crippen molar-refractivity contribution in [3.05, 3.63) is 58.9 Å². The zero-order chi connectivity index (χ0) is 14.5. The highest BCUT2D eigenvalue weighted by Gasteiger charge is 2.05. The van der Waals surface area contributed by atoms with Gasteiger partial charge in [-0.15, -0.1) is 0 Å². The molecule has 0 aromatic heterocycles. The van der Waals surface area contributed by atoms with Crippen LogP contribution >= 0.6 is 0 Å². The molecule has 0 atom stereocenters. The summed E-state index contributed by atoms with van der Waals surface area (Å²) >= 11 is 0. The minimum Gasteiger partial charge on any atom is -0.504 e. The Morgan fingerprint density at radius 1 is 1.10 bits per heavy atom. The summed E-state index contributed by atoms with van der Waals surface area (Å²) in [5.74, 6) is -0.416. The smallest absolute Gasteiger partial charge is 0.161 e. The van der Waals surface area contributed by atoms with Crippen LogP contribution < -0.4 is 5.32 Å². The number of benzene rings is 2. The molecule has 0 saturated carbocycles. The van der Waals surface area contributed by atoms with E-state index in [2.05, 4.69) is 5.32 Å². The monoisotopic (exact) mass is 275 g/mol. The number of hydrogen-bond donors (Lipinski definition) is 3. The zero-order valence-electron chi connectivity index (χ0n) is 11.4. The van der Waals surface area contributed by atoms with E-state index in [4.69, 9.17) is 0 Å². The highest BCUT2D eigenvalue weighted by molar-refractivity contribution is 5.44. The van der Waals surface area contributed by atoms with Crippen LogP contribution in [-0.2, 0) is 13.0 Å². The lowest BCUT2D eigenvalue weighted by atomic mass is 10.1. The fourth-order valence-electron chi connectivity index (χ4n) is 2.11. The summed E-state index contributed by atoms with van der Waals surface area (Å²) in [6.07, 6.45) is 0.783. The van der Waals surface area contributed by atoms with E-state index in [1.54, 1.807) is 18.2 Å². The molecule has 0 aliphatic heterocycles. The first-order valence-corrected chi connectivity index (χ1v) is 6.53. The van der Waals surface area contributed by atoms with Crippen LogP contribution in [0.5, 0.6) is 11.5 Å². The maximum Gasteiger partial charge on any atom is 0.161 e. The van der Waals surface area contributed by atoms with Crippen molar-refractivity contribution in [1.82, 2.24) is 5.32 Å². The van der Waals surface area contributed by atoms with Gasteiger partial charge in [-0.2, -0.15) is 0 Å². The van der Waals surface area contributed by atoms with Crippen LogP contribution in [0.15, 0.2) is 36.4 Å². The molecule has 0 aliphatic rings. The van der Waals surface area contributed by atoms with Crippen molar-refractivity contribution in [1.29, 1.82) is 0 Å². The van der Waals surface area contributed by atoms with Gasteiger partial charge >= 0.3 is 0 Å². The number of aryl methyl sites for hydroxylation is 1. The van der Waals surface area contributed by atoms with Crippen LogP contribution in [0.25, 0.3) is 0 Å². The molecule has 2 rings (SSSR count). The highest BCUT2D eigenvalue weighted by atomic mass is 19.1. The van der Waals surface area contributed by atoms with E-state index in [0.717, 1.165) is 17.5 Å². The Hall–Kier alpha value is -2.07. The SMILES string of the molecule is Cc1cc(F)ccc1CCNCc1cccc(O)c1O. The summed E-state index contributed by atoms with van der Waals surface area (Å²) in [6, 6.07) is 9.67. The molecule has 0 saturated heterocycles. The minimum atomic E-state index is -0.219. The van der Waals surface area contributed by atoms with E-state index in [1.165, 1.54) is 18.2 Å². The number of aromatic hydroxyl groups is 2. The Morgan fingerprint density at radius 3 is 2.65 bits per heavy atom. The summed E-state index contributed by atoms with van der Waals surface area (Å²) in [7, 11) is 0. The summed E-state index contributed by atoms with van der Waals surface area (Å²) in [4.78, 5) is 0. The van der Waals surface area contributed by atoms with Crippen LogP contribution in [0.4, 0.5) is 4.39 Å². The van der Waals surface area contributed by atoms with Gasteiger partial charge in [0.1, 0.15) is 5.82 Å². The fourth-order valence-corrected chi connectivity index (χ4v) is 2.11. The van der Waals surface area contributed by atoms with E-state index in [0.29, 0.717) is 18.7 Å². The molecule has 3 N–H and O–H groups in total. The Balaban J connectivity index is 1.86. The second kappa shape index (κ2) is 6.39. The van der Waals surface area contributed by atoms with Crippen molar-refractivity contribution in [3.63, 3.8) is 0 Å². The number of halogens is 1. The fraction of sp³-hybridized carbons (Fsp3) is 0.250. The highest BCUT2D eigenvalue weighted by Crippen LogP contribution is 2.27. The number of rotatable bonds is 5. The molecule has 0 unspecified atom stereocenters. The summed E-state index contributed by atoms with van der Waals surface area (Å²) in [6.45, 7) is 3.07. The molecule has 0 radical (unpaired) electrons. The predicted octanol–water partition coefficient (Wildman–Crippen LogP) is 2.88. The van der Waals surface area contributed by atoms with Crippen molar-refractivity contribution in [2.24, 2.45) is 0 Å². The van der Waals surface area contributed by atoms with Gasteiger partial charge in [0, 0.05) is 12.1 Å². The summed E-state index contributed by atoms with van der Waals surface area (Å²) in [5, 5.41) is 22.2. The van der Waals surface area contributed by atoms with Gasteiger partial charge in [-0.05, 0) is 49.2 Å². The molecule has 4 heteroatoms. The van der Waals surface area contributed by atoms with Crippen LogP contribution in [0.1, 0.15) is 16.7 Å². The van der Waals surface area contributed by atoms with Crippen molar-refractivity contribution >= 4 is 0 Å². The molecule has 20 heavy (non-hydrogen) atoms. The van der Waals surface area contributed by atoms with E-state index in [-0.39, 0.29) is 17.3 Å². The Bertz CT molecular complexity index is 599. The maximum absolute atomic E-state index is 13.0. The lowest BCUT2D eigenvalue weighted by Crippen LogP contribution is -2.17. The normalized spacial score (nSPS) is 10.7. The lowest BCUT2D eigenvalue weighted by molar-refractivity contribution is 0.398. The molecule has 2 aromatic carbocycles. The number of para-hydroxylation sites is 1. The third-order valence-corrected chi connectivity index (χ3v) is 3.29. The third-order valence-electron chi connectivity index (χ3n) is 3.29. The molecular weight excluding hydrogens is 257 g/mol. The summed E-state index contributed by atoms with van der Waals surface area (Å²) < 4.78 is 13.0. The molecule has 0 bridgehead atoms. The second-order valence-electron chi connectivity index (χ2n) is 4.78. The lowest BCUT2D eigenvalue weighted by Gasteiger charge is -2.09. The molecule has 0 amide bonds. The molecule has 0 heterocycles. The molecular formula is C16H18FNO2. The van der Waals surface area contributed by atoms with Gasteiger partial charge in [0.05, 0.1) is 0 Å². The molecule has 3 nitrogen and oxygen atoms in total. The first-order chi connectivity index (χ1) is 9.58. The van der Waals surface area contributed by atoms with Gasteiger partial charge in [-0.25, -0.2) is 4.39 Å². The first-order valence-electron chi connectivity index (χ1n) is 6.53. The second-order valence-corrected chi connectivity index (χ2v) is 4.78. The number of nitrogens with one attached hydrogen (secondary N) is 1. The third kappa shape index (κ3) is 3.48. The average Bonchev–Trinajstić information content (AvgIpc) is 2.41. The van der Waals surface area contributed by atoms with E-state index in [9.17, 15) is 14.6 Å². The summed E-state index contributed by atoms with van der Waals surface area (Å²) in [5.41, 5.74) is 2.69. The molecule has 2 aromatic rings. The molecule has 0 spiro atoms.